The molecular weight excluding hydrogens is 236 g/mol. The number of pyridine rings is 1. The van der Waals surface area contributed by atoms with Gasteiger partial charge in [-0.25, -0.2) is 0 Å². The molecule has 1 aromatic heterocycles. The van der Waals surface area contributed by atoms with Crippen molar-refractivity contribution in [3.63, 3.8) is 0 Å². The number of nitrogens with zero attached hydrogens (tertiary/aromatic N) is 1. The second-order valence-corrected chi connectivity index (χ2v) is 4.09. The van der Waals surface area contributed by atoms with Crippen molar-refractivity contribution in [3.05, 3.63) is 42.1 Å². The van der Waals surface area contributed by atoms with Crippen molar-refractivity contribution in [3.8, 4) is 0 Å². The maximum Gasteiger partial charge on any atom is 0.251 e. The number of alkyl halides is 1. The molecule has 0 saturated carbocycles. The molecule has 3 nitrogen and oxygen atoms in total. The zero-order chi connectivity index (χ0) is 12.1. The number of nitrogens with one attached hydrogen (secondary N) is 1. The lowest BCUT2D eigenvalue weighted by Gasteiger charge is -2.04. The molecule has 1 N–H and O–H groups in total. The summed E-state index contributed by atoms with van der Waals surface area (Å²) in [4.78, 5) is 16.0. The molecule has 0 radical (unpaired) electrons. The van der Waals surface area contributed by atoms with E-state index in [1.165, 1.54) is 0 Å². The van der Waals surface area contributed by atoms with Crippen LogP contribution in [0, 0.1) is 0 Å². The molecule has 4 heteroatoms. The lowest BCUT2D eigenvalue weighted by Crippen LogP contribution is -2.24. The smallest absolute Gasteiger partial charge is 0.251 e. The van der Waals surface area contributed by atoms with Crippen LogP contribution in [0.2, 0.25) is 0 Å². The van der Waals surface area contributed by atoms with E-state index in [0.717, 1.165) is 17.3 Å². The molecule has 2 aromatic rings. The summed E-state index contributed by atoms with van der Waals surface area (Å²) in [5.41, 5.74) is 1.55. The normalized spacial score (nSPS) is 10.4. The van der Waals surface area contributed by atoms with Crippen molar-refractivity contribution in [2.45, 2.75) is 6.42 Å². The Bertz CT molecular complexity index is 528. The summed E-state index contributed by atoms with van der Waals surface area (Å²) in [5, 5.41) is 3.79. The minimum absolute atomic E-state index is 0.0686. The van der Waals surface area contributed by atoms with E-state index in [9.17, 15) is 4.79 Å². The highest BCUT2D eigenvalue weighted by atomic mass is 35.5. The summed E-state index contributed by atoms with van der Waals surface area (Å²) in [7, 11) is 0. The van der Waals surface area contributed by atoms with E-state index in [-0.39, 0.29) is 5.91 Å². The molecule has 0 atom stereocenters. The van der Waals surface area contributed by atoms with E-state index in [1.807, 2.05) is 24.3 Å². The van der Waals surface area contributed by atoms with Crippen molar-refractivity contribution in [1.29, 1.82) is 0 Å². The van der Waals surface area contributed by atoms with Crippen molar-refractivity contribution in [2.24, 2.45) is 0 Å². The zero-order valence-corrected chi connectivity index (χ0v) is 10.1. The second-order valence-electron chi connectivity index (χ2n) is 3.71. The van der Waals surface area contributed by atoms with Gasteiger partial charge in [0.05, 0.1) is 5.52 Å². The number of amides is 1. The van der Waals surface area contributed by atoms with Gasteiger partial charge in [0.25, 0.3) is 5.91 Å². The van der Waals surface area contributed by atoms with Gasteiger partial charge in [-0.3, -0.25) is 9.78 Å². The number of aromatic nitrogens is 1. The van der Waals surface area contributed by atoms with Crippen LogP contribution in [0.15, 0.2) is 36.5 Å². The molecule has 1 amide bonds. The first-order chi connectivity index (χ1) is 8.31. The zero-order valence-electron chi connectivity index (χ0n) is 9.32. The summed E-state index contributed by atoms with van der Waals surface area (Å²) in [5.74, 6) is 0.489. The molecule has 1 heterocycles. The Kier molecular flexibility index (Phi) is 3.94. The minimum atomic E-state index is -0.0686. The fourth-order valence-corrected chi connectivity index (χ4v) is 1.72. The van der Waals surface area contributed by atoms with Gasteiger partial charge in [0.2, 0.25) is 0 Å². The maximum atomic E-state index is 11.8. The van der Waals surface area contributed by atoms with Crippen LogP contribution in [0.5, 0.6) is 0 Å². The molecule has 88 valence electrons. The quantitative estimate of drug-likeness (QED) is 0.668. The van der Waals surface area contributed by atoms with Gasteiger partial charge in [-0.05, 0) is 30.7 Å². The molecule has 0 aliphatic heterocycles. The molecule has 17 heavy (non-hydrogen) atoms. The van der Waals surface area contributed by atoms with Crippen molar-refractivity contribution in [1.82, 2.24) is 10.3 Å². The van der Waals surface area contributed by atoms with Gasteiger partial charge in [-0.2, -0.15) is 0 Å². The van der Waals surface area contributed by atoms with Crippen LogP contribution in [0.25, 0.3) is 10.9 Å². The highest BCUT2D eigenvalue weighted by Crippen LogP contribution is 2.13. The summed E-state index contributed by atoms with van der Waals surface area (Å²) in [6.45, 7) is 0.605. The number of carbonyl (C=O) groups excluding carboxylic acids is 1. The van der Waals surface area contributed by atoms with Crippen LogP contribution in [-0.2, 0) is 0 Å². The Morgan fingerprint density at radius 1 is 1.35 bits per heavy atom. The van der Waals surface area contributed by atoms with E-state index in [2.05, 4.69) is 10.3 Å². The van der Waals surface area contributed by atoms with Crippen molar-refractivity contribution in [2.75, 3.05) is 12.4 Å². The predicted octanol–water partition coefficient (Wildman–Crippen LogP) is 2.59. The van der Waals surface area contributed by atoms with Crippen LogP contribution in [0.4, 0.5) is 0 Å². The van der Waals surface area contributed by atoms with Gasteiger partial charge in [-0.15, -0.1) is 11.6 Å². The topological polar surface area (TPSA) is 42.0 Å². The molecular formula is C13H13ClN2O. The molecule has 0 bridgehead atoms. The average molecular weight is 249 g/mol. The van der Waals surface area contributed by atoms with Crippen LogP contribution < -0.4 is 5.32 Å². The highest BCUT2D eigenvalue weighted by Gasteiger charge is 2.05. The molecule has 0 saturated heterocycles. The average Bonchev–Trinajstić information content (AvgIpc) is 2.38. The lowest BCUT2D eigenvalue weighted by molar-refractivity contribution is 0.0954. The summed E-state index contributed by atoms with van der Waals surface area (Å²) >= 11 is 5.55. The predicted molar refractivity (Wildman–Crippen MR) is 69.4 cm³/mol. The van der Waals surface area contributed by atoms with Crippen LogP contribution >= 0.6 is 11.6 Å². The first-order valence-corrected chi connectivity index (χ1v) is 6.03. The highest BCUT2D eigenvalue weighted by molar-refractivity contribution is 6.17. The Morgan fingerprint density at radius 3 is 3.06 bits per heavy atom. The maximum absolute atomic E-state index is 11.8. The number of benzene rings is 1. The van der Waals surface area contributed by atoms with Crippen LogP contribution in [0.3, 0.4) is 0 Å². The van der Waals surface area contributed by atoms with Gasteiger partial charge >= 0.3 is 0 Å². The molecule has 0 spiro atoms. The molecule has 1 aromatic carbocycles. The molecule has 0 aliphatic rings. The third-order valence-corrected chi connectivity index (χ3v) is 2.73. The number of hydrogen-bond donors (Lipinski definition) is 1. The number of fused-ring (bicyclic) bond motifs is 1. The van der Waals surface area contributed by atoms with E-state index in [0.29, 0.717) is 18.0 Å². The molecule has 0 aliphatic carbocycles. The largest absolute Gasteiger partial charge is 0.352 e. The monoisotopic (exact) mass is 248 g/mol. The molecule has 2 rings (SSSR count). The summed E-state index contributed by atoms with van der Waals surface area (Å²) in [6, 6.07) is 9.28. The third kappa shape index (κ3) is 2.94. The Hall–Kier alpha value is -1.61. The van der Waals surface area contributed by atoms with Crippen LogP contribution in [-0.4, -0.2) is 23.3 Å². The van der Waals surface area contributed by atoms with E-state index in [4.69, 9.17) is 11.6 Å². The first-order valence-electron chi connectivity index (χ1n) is 5.50. The van der Waals surface area contributed by atoms with Crippen LogP contribution in [0.1, 0.15) is 16.8 Å². The molecule has 0 fully saturated rings. The van der Waals surface area contributed by atoms with Crippen molar-refractivity contribution < 1.29 is 4.79 Å². The van der Waals surface area contributed by atoms with Gasteiger partial charge in [0.15, 0.2) is 0 Å². The second kappa shape index (κ2) is 5.64. The van der Waals surface area contributed by atoms with Gasteiger partial charge < -0.3 is 5.32 Å². The fourth-order valence-electron chi connectivity index (χ4n) is 1.59. The summed E-state index contributed by atoms with van der Waals surface area (Å²) in [6.07, 6.45) is 2.52. The first kappa shape index (κ1) is 11.9. The minimum Gasteiger partial charge on any atom is -0.352 e. The standard InChI is InChI=1S/C13H13ClN2O/c14-6-2-8-16-13(17)11-4-5-12-10(9-11)3-1-7-15-12/h1,3-5,7,9H,2,6,8H2,(H,16,17). The molecule has 0 unspecified atom stereocenters. The number of carbonyl (C=O) groups is 1. The van der Waals surface area contributed by atoms with Crippen molar-refractivity contribution >= 4 is 28.4 Å². The van der Waals surface area contributed by atoms with Gasteiger partial charge in [0, 0.05) is 29.6 Å². The lowest BCUT2D eigenvalue weighted by atomic mass is 10.1. The van der Waals surface area contributed by atoms with E-state index < -0.39 is 0 Å². The Balaban J connectivity index is 2.15. The summed E-state index contributed by atoms with van der Waals surface area (Å²) < 4.78 is 0. The Morgan fingerprint density at radius 2 is 2.24 bits per heavy atom. The van der Waals surface area contributed by atoms with Gasteiger partial charge in [0.1, 0.15) is 0 Å². The number of rotatable bonds is 4. The van der Waals surface area contributed by atoms with Gasteiger partial charge in [-0.1, -0.05) is 6.07 Å². The number of hydrogen-bond acceptors (Lipinski definition) is 2. The fraction of sp³-hybridized carbons (Fsp3) is 0.231. The third-order valence-electron chi connectivity index (χ3n) is 2.46. The number of halogens is 1. The SMILES string of the molecule is O=C(NCCCCl)c1ccc2ncccc2c1. The van der Waals surface area contributed by atoms with E-state index >= 15 is 0 Å². The Labute approximate surface area is 105 Å². The van der Waals surface area contributed by atoms with E-state index in [1.54, 1.807) is 12.3 Å².